The Morgan fingerprint density at radius 3 is 2.68 bits per heavy atom. The van der Waals surface area contributed by atoms with Crippen LogP contribution in [0.2, 0.25) is 0 Å². The first-order valence-corrected chi connectivity index (χ1v) is 6.53. The van der Waals surface area contributed by atoms with Crippen LogP contribution in [-0.4, -0.2) is 17.2 Å². The summed E-state index contributed by atoms with van der Waals surface area (Å²) in [6.07, 6.45) is 8.76. The Bertz CT molecular complexity index is 534. The summed E-state index contributed by atoms with van der Waals surface area (Å²) in [5.74, 6) is 1.65. The fraction of sp³-hybridized carbons (Fsp3) is 0.333. The van der Waals surface area contributed by atoms with Gasteiger partial charge in [-0.2, -0.15) is 5.10 Å². The summed E-state index contributed by atoms with van der Waals surface area (Å²) < 4.78 is 0. The minimum absolute atomic E-state index is 0.147. The number of aromatic hydroxyl groups is 1. The van der Waals surface area contributed by atoms with Gasteiger partial charge >= 0.3 is 0 Å². The normalized spacial score (nSPS) is 28.1. The molecule has 2 aliphatic rings. The summed E-state index contributed by atoms with van der Waals surface area (Å²) in [6, 6.07) is 6.11. The van der Waals surface area contributed by atoms with Crippen LogP contribution in [0.1, 0.15) is 23.2 Å². The number of hydrogen-bond acceptors (Lipinski definition) is 3. The molecule has 0 radical (unpaired) electrons. The van der Waals surface area contributed by atoms with Crippen molar-refractivity contribution < 1.29 is 9.90 Å². The van der Waals surface area contributed by atoms with E-state index in [1.54, 1.807) is 12.1 Å². The van der Waals surface area contributed by atoms with Crippen molar-refractivity contribution in [1.29, 1.82) is 0 Å². The van der Waals surface area contributed by atoms with Crippen molar-refractivity contribution in [1.82, 2.24) is 5.43 Å². The molecule has 0 saturated heterocycles. The van der Waals surface area contributed by atoms with Crippen molar-refractivity contribution in [2.45, 2.75) is 12.8 Å². The van der Waals surface area contributed by atoms with E-state index in [1.165, 1.54) is 18.6 Å². The van der Waals surface area contributed by atoms with Crippen LogP contribution in [0.5, 0.6) is 5.75 Å². The number of fused-ring (bicyclic) bond motifs is 2. The zero-order valence-electron chi connectivity index (χ0n) is 10.5. The monoisotopic (exact) mass is 256 g/mol. The molecule has 4 heteroatoms. The Morgan fingerprint density at radius 1 is 1.26 bits per heavy atom. The quantitative estimate of drug-likeness (QED) is 0.495. The lowest BCUT2D eigenvalue weighted by atomic mass is 9.95. The SMILES string of the molecule is O=C(NN=CC1CC2C=CC1C2)c1ccc(O)cc1. The Morgan fingerprint density at radius 2 is 2.05 bits per heavy atom. The van der Waals surface area contributed by atoms with Crippen molar-refractivity contribution in [2.24, 2.45) is 22.9 Å². The van der Waals surface area contributed by atoms with Gasteiger partial charge in [0, 0.05) is 17.7 Å². The van der Waals surface area contributed by atoms with Gasteiger partial charge in [-0.3, -0.25) is 4.79 Å². The molecule has 98 valence electrons. The van der Waals surface area contributed by atoms with Gasteiger partial charge in [-0.1, -0.05) is 12.2 Å². The largest absolute Gasteiger partial charge is 0.508 e. The van der Waals surface area contributed by atoms with E-state index in [0.717, 1.165) is 6.42 Å². The van der Waals surface area contributed by atoms with E-state index < -0.39 is 0 Å². The van der Waals surface area contributed by atoms with Gasteiger partial charge in [0.15, 0.2) is 0 Å². The highest BCUT2D eigenvalue weighted by atomic mass is 16.3. The number of phenolic OH excluding ortho intramolecular Hbond substituents is 1. The van der Waals surface area contributed by atoms with Crippen molar-refractivity contribution in [2.75, 3.05) is 0 Å². The molecule has 3 atom stereocenters. The number of hydrogen-bond donors (Lipinski definition) is 2. The average molecular weight is 256 g/mol. The number of nitrogens with zero attached hydrogens (tertiary/aromatic N) is 1. The maximum absolute atomic E-state index is 11.8. The summed E-state index contributed by atoms with van der Waals surface area (Å²) in [7, 11) is 0. The van der Waals surface area contributed by atoms with E-state index in [2.05, 4.69) is 22.7 Å². The standard InChI is InChI=1S/C15H16N2O2/c18-14-5-3-11(4-6-14)15(19)17-16-9-13-8-10-1-2-12(13)7-10/h1-6,9-10,12-13,18H,7-8H2,(H,17,19). The zero-order chi connectivity index (χ0) is 13.2. The molecule has 0 aliphatic heterocycles. The average Bonchev–Trinajstić information content (AvgIpc) is 3.02. The molecule has 0 aromatic heterocycles. The number of hydrazone groups is 1. The molecule has 3 unspecified atom stereocenters. The molecule has 0 heterocycles. The Balaban J connectivity index is 1.56. The summed E-state index contributed by atoms with van der Waals surface area (Å²) >= 11 is 0. The second-order valence-electron chi connectivity index (χ2n) is 5.21. The fourth-order valence-electron chi connectivity index (χ4n) is 2.86. The number of carbonyl (C=O) groups is 1. The molecular formula is C15H16N2O2. The van der Waals surface area contributed by atoms with E-state index >= 15 is 0 Å². The van der Waals surface area contributed by atoms with Crippen LogP contribution in [-0.2, 0) is 0 Å². The highest BCUT2D eigenvalue weighted by Gasteiger charge is 2.34. The summed E-state index contributed by atoms with van der Waals surface area (Å²) in [5.41, 5.74) is 3.02. The minimum Gasteiger partial charge on any atom is -0.508 e. The third kappa shape index (κ3) is 2.52. The van der Waals surface area contributed by atoms with Gasteiger partial charge < -0.3 is 5.11 Å². The molecule has 1 aromatic carbocycles. The van der Waals surface area contributed by atoms with Crippen LogP contribution in [0.3, 0.4) is 0 Å². The predicted molar refractivity (Wildman–Crippen MR) is 72.9 cm³/mol. The molecular weight excluding hydrogens is 240 g/mol. The molecule has 1 aromatic rings. The van der Waals surface area contributed by atoms with Gasteiger partial charge in [-0.15, -0.1) is 0 Å². The van der Waals surface area contributed by atoms with Crippen molar-refractivity contribution in [3.63, 3.8) is 0 Å². The molecule has 2 N–H and O–H groups in total. The number of rotatable bonds is 3. The lowest BCUT2D eigenvalue weighted by Gasteiger charge is -2.11. The van der Waals surface area contributed by atoms with Gasteiger partial charge in [-0.05, 0) is 48.9 Å². The van der Waals surface area contributed by atoms with E-state index in [-0.39, 0.29) is 11.7 Å². The smallest absolute Gasteiger partial charge is 0.271 e. The molecule has 1 fully saturated rings. The van der Waals surface area contributed by atoms with Crippen LogP contribution >= 0.6 is 0 Å². The second-order valence-corrected chi connectivity index (χ2v) is 5.21. The first-order chi connectivity index (χ1) is 9.22. The molecule has 3 rings (SSSR count). The number of carbonyl (C=O) groups excluding carboxylic acids is 1. The topological polar surface area (TPSA) is 61.7 Å². The second kappa shape index (κ2) is 4.88. The first kappa shape index (κ1) is 12.0. The molecule has 19 heavy (non-hydrogen) atoms. The van der Waals surface area contributed by atoms with Gasteiger partial charge in [0.1, 0.15) is 5.75 Å². The van der Waals surface area contributed by atoms with Crippen LogP contribution in [0.25, 0.3) is 0 Å². The number of phenols is 1. The summed E-state index contributed by atoms with van der Waals surface area (Å²) in [4.78, 5) is 11.8. The van der Waals surface area contributed by atoms with Gasteiger partial charge in [0.2, 0.25) is 0 Å². The maximum Gasteiger partial charge on any atom is 0.271 e. The molecule has 4 nitrogen and oxygen atoms in total. The zero-order valence-corrected chi connectivity index (χ0v) is 10.5. The number of nitrogens with one attached hydrogen (secondary N) is 1. The van der Waals surface area contributed by atoms with E-state index in [1.807, 2.05) is 6.21 Å². The third-order valence-electron chi connectivity index (χ3n) is 3.89. The number of benzene rings is 1. The Labute approximate surface area is 111 Å². The highest BCUT2D eigenvalue weighted by Crippen LogP contribution is 2.42. The van der Waals surface area contributed by atoms with Crippen molar-refractivity contribution in [3.8, 4) is 5.75 Å². The lowest BCUT2D eigenvalue weighted by molar-refractivity contribution is 0.0955. The van der Waals surface area contributed by atoms with Gasteiger partial charge in [0.05, 0.1) is 0 Å². The highest BCUT2D eigenvalue weighted by molar-refractivity contribution is 5.94. The Hall–Kier alpha value is -2.10. The molecule has 0 spiro atoms. The predicted octanol–water partition coefficient (Wildman–Crippen LogP) is 2.32. The summed E-state index contributed by atoms with van der Waals surface area (Å²) in [5, 5.41) is 13.2. The lowest BCUT2D eigenvalue weighted by Crippen LogP contribution is -2.19. The van der Waals surface area contributed by atoms with Crippen LogP contribution in [0.15, 0.2) is 41.5 Å². The minimum atomic E-state index is -0.255. The molecule has 1 amide bonds. The van der Waals surface area contributed by atoms with E-state index in [9.17, 15) is 4.79 Å². The number of allylic oxidation sites excluding steroid dienone is 2. The molecule has 2 aliphatic carbocycles. The van der Waals surface area contributed by atoms with E-state index in [4.69, 9.17) is 5.11 Å². The van der Waals surface area contributed by atoms with Gasteiger partial charge in [0.25, 0.3) is 5.91 Å². The van der Waals surface area contributed by atoms with Gasteiger partial charge in [-0.25, -0.2) is 5.43 Å². The maximum atomic E-state index is 11.8. The van der Waals surface area contributed by atoms with Crippen LogP contribution < -0.4 is 5.43 Å². The Kier molecular flexibility index (Phi) is 3.07. The molecule has 2 bridgehead atoms. The van der Waals surface area contributed by atoms with Crippen molar-refractivity contribution >= 4 is 12.1 Å². The third-order valence-corrected chi connectivity index (χ3v) is 3.89. The van der Waals surface area contributed by atoms with Crippen molar-refractivity contribution in [3.05, 3.63) is 42.0 Å². The van der Waals surface area contributed by atoms with Crippen LogP contribution in [0.4, 0.5) is 0 Å². The summed E-state index contributed by atoms with van der Waals surface area (Å²) in [6.45, 7) is 0. The van der Waals surface area contributed by atoms with E-state index in [0.29, 0.717) is 23.3 Å². The number of amides is 1. The first-order valence-electron chi connectivity index (χ1n) is 6.53. The molecule has 1 saturated carbocycles. The van der Waals surface area contributed by atoms with Crippen LogP contribution in [0, 0.1) is 17.8 Å². The fourth-order valence-corrected chi connectivity index (χ4v) is 2.86.